The van der Waals surface area contributed by atoms with Crippen LogP contribution in [0.15, 0.2) is 59.5 Å². The number of amides is 1. The maximum Gasteiger partial charge on any atom is 0.307 e. The molecule has 2 aromatic carbocycles. The van der Waals surface area contributed by atoms with Gasteiger partial charge in [0.2, 0.25) is 0 Å². The molecule has 0 aliphatic heterocycles. The van der Waals surface area contributed by atoms with Crippen molar-refractivity contribution in [2.75, 3.05) is 17.7 Å². The molecule has 2 aromatic rings. The molecule has 8 heteroatoms. The lowest BCUT2D eigenvalue weighted by atomic mass is 10.3. The molecule has 1 amide bonds. The average Bonchev–Trinajstić information content (AvgIpc) is 2.59. The number of rotatable bonds is 7. The van der Waals surface area contributed by atoms with Gasteiger partial charge in [-0.1, -0.05) is 18.2 Å². The largest absolute Gasteiger partial charge is 0.456 e. The molecule has 0 saturated heterocycles. The molecule has 0 radical (unpaired) electrons. The number of hydrogen-bond donors (Lipinski definition) is 1. The fraction of sp³-hybridized carbons (Fsp3) is 0.176. The summed E-state index contributed by atoms with van der Waals surface area (Å²) in [5, 5.41) is 2.53. The van der Waals surface area contributed by atoms with Crippen molar-refractivity contribution < 1.29 is 27.1 Å². The van der Waals surface area contributed by atoms with Gasteiger partial charge in [-0.05, 0) is 36.4 Å². The SMILES string of the molecule is O=C(COC(=O)CCS(=O)(=O)c1ccc(F)cc1)Nc1ccccc1. The minimum atomic E-state index is -3.73. The number of carbonyl (C=O) groups excluding carboxylic acids is 2. The van der Waals surface area contributed by atoms with E-state index in [9.17, 15) is 22.4 Å². The van der Waals surface area contributed by atoms with E-state index in [-0.39, 0.29) is 4.90 Å². The zero-order valence-corrected chi connectivity index (χ0v) is 14.0. The molecular weight excluding hydrogens is 349 g/mol. The molecule has 0 spiro atoms. The molecular formula is C17H16FNO5S. The number of esters is 1. The molecule has 0 atom stereocenters. The number of ether oxygens (including phenoxy) is 1. The normalized spacial score (nSPS) is 10.9. The lowest BCUT2D eigenvalue weighted by molar-refractivity contribution is -0.146. The number of benzene rings is 2. The summed E-state index contributed by atoms with van der Waals surface area (Å²) in [5.74, 6) is -2.38. The van der Waals surface area contributed by atoms with E-state index in [4.69, 9.17) is 4.74 Å². The highest BCUT2D eigenvalue weighted by atomic mass is 32.2. The molecule has 6 nitrogen and oxygen atoms in total. The van der Waals surface area contributed by atoms with Crippen LogP contribution in [0.4, 0.5) is 10.1 Å². The Hall–Kier alpha value is -2.74. The molecule has 0 saturated carbocycles. The summed E-state index contributed by atoms with van der Waals surface area (Å²) in [6.07, 6.45) is -0.404. The zero-order chi connectivity index (χ0) is 18.3. The van der Waals surface area contributed by atoms with Crippen molar-refractivity contribution in [2.45, 2.75) is 11.3 Å². The van der Waals surface area contributed by atoms with Crippen LogP contribution in [0.5, 0.6) is 0 Å². The summed E-state index contributed by atoms with van der Waals surface area (Å²) in [7, 11) is -3.73. The first-order valence-electron chi connectivity index (χ1n) is 7.36. The second kappa shape index (κ2) is 8.39. The first-order valence-corrected chi connectivity index (χ1v) is 9.01. The third kappa shape index (κ3) is 6.00. The van der Waals surface area contributed by atoms with Crippen molar-refractivity contribution in [3.05, 3.63) is 60.4 Å². The Morgan fingerprint density at radius 2 is 1.64 bits per heavy atom. The van der Waals surface area contributed by atoms with Crippen LogP contribution in [0, 0.1) is 5.82 Å². The van der Waals surface area contributed by atoms with Crippen LogP contribution < -0.4 is 5.32 Å². The van der Waals surface area contributed by atoms with Gasteiger partial charge in [-0.25, -0.2) is 12.8 Å². The van der Waals surface area contributed by atoms with Crippen molar-refractivity contribution >= 4 is 27.4 Å². The van der Waals surface area contributed by atoms with E-state index >= 15 is 0 Å². The number of hydrogen-bond acceptors (Lipinski definition) is 5. The van der Waals surface area contributed by atoms with Crippen LogP contribution in [-0.2, 0) is 24.2 Å². The number of sulfone groups is 1. The van der Waals surface area contributed by atoms with Crippen LogP contribution in [0.1, 0.15) is 6.42 Å². The first-order chi connectivity index (χ1) is 11.9. The number of anilines is 1. The van der Waals surface area contributed by atoms with Crippen LogP contribution in [0.25, 0.3) is 0 Å². The summed E-state index contributed by atoms with van der Waals surface area (Å²) < 4.78 is 41.6. The summed E-state index contributed by atoms with van der Waals surface area (Å²) >= 11 is 0. The van der Waals surface area contributed by atoms with Gasteiger partial charge in [0.25, 0.3) is 5.91 Å². The zero-order valence-electron chi connectivity index (χ0n) is 13.1. The van der Waals surface area contributed by atoms with E-state index in [1.165, 1.54) is 0 Å². The predicted molar refractivity (Wildman–Crippen MR) is 89.1 cm³/mol. The molecule has 0 bridgehead atoms. The predicted octanol–water partition coefficient (Wildman–Crippen LogP) is 2.17. The minimum absolute atomic E-state index is 0.0801. The number of carbonyl (C=O) groups is 2. The van der Waals surface area contributed by atoms with Gasteiger partial charge in [-0.15, -0.1) is 0 Å². The van der Waals surface area contributed by atoms with Crippen molar-refractivity contribution in [1.29, 1.82) is 0 Å². The quantitative estimate of drug-likeness (QED) is 0.600. The monoisotopic (exact) mass is 365 g/mol. The smallest absolute Gasteiger partial charge is 0.307 e. The maximum absolute atomic E-state index is 12.8. The Kier molecular flexibility index (Phi) is 6.24. The third-order valence-corrected chi connectivity index (χ3v) is 4.90. The van der Waals surface area contributed by atoms with Crippen LogP contribution in [0.3, 0.4) is 0 Å². The van der Waals surface area contributed by atoms with Crippen molar-refractivity contribution in [3.63, 3.8) is 0 Å². The van der Waals surface area contributed by atoms with Crippen LogP contribution >= 0.6 is 0 Å². The van der Waals surface area contributed by atoms with Gasteiger partial charge < -0.3 is 10.1 Å². The maximum atomic E-state index is 12.8. The third-order valence-electron chi connectivity index (χ3n) is 3.17. The van der Waals surface area contributed by atoms with E-state index in [1.54, 1.807) is 30.3 Å². The summed E-state index contributed by atoms with van der Waals surface area (Å²) in [6.45, 7) is -0.510. The summed E-state index contributed by atoms with van der Waals surface area (Å²) in [6, 6.07) is 12.9. The van der Waals surface area contributed by atoms with Crippen molar-refractivity contribution in [3.8, 4) is 0 Å². The Bertz CT molecular complexity index is 835. The highest BCUT2D eigenvalue weighted by molar-refractivity contribution is 7.91. The molecule has 0 aliphatic rings. The van der Waals surface area contributed by atoms with Crippen molar-refractivity contribution in [2.24, 2.45) is 0 Å². The fourth-order valence-corrected chi connectivity index (χ4v) is 3.14. The van der Waals surface area contributed by atoms with E-state index < -0.39 is 46.3 Å². The van der Waals surface area contributed by atoms with E-state index in [0.29, 0.717) is 5.69 Å². The Morgan fingerprint density at radius 3 is 2.28 bits per heavy atom. The molecule has 0 aromatic heterocycles. The van der Waals surface area contributed by atoms with Gasteiger partial charge in [-0.2, -0.15) is 0 Å². The van der Waals surface area contributed by atoms with Crippen LogP contribution in [0.2, 0.25) is 0 Å². The topological polar surface area (TPSA) is 89.5 Å². The summed E-state index contributed by atoms with van der Waals surface area (Å²) in [5.41, 5.74) is 0.558. The fourth-order valence-electron chi connectivity index (χ4n) is 1.91. The van der Waals surface area contributed by atoms with Crippen molar-refractivity contribution in [1.82, 2.24) is 0 Å². The van der Waals surface area contributed by atoms with Gasteiger partial charge in [-0.3, -0.25) is 9.59 Å². The highest BCUT2D eigenvalue weighted by Gasteiger charge is 2.17. The molecule has 132 valence electrons. The van der Waals surface area contributed by atoms with Gasteiger partial charge >= 0.3 is 5.97 Å². The van der Waals surface area contributed by atoms with Gasteiger partial charge in [0.05, 0.1) is 17.1 Å². The molecule has 0 aliphatic carbocycles. The Balaban J connectivity index is 1.78. The van der Waals surface area contributed by atoms with Gasteiger partial charge in [0.1, 0.15) is 5.82 Å². The van der Waals surface area contributed by atoms with Gasteiger partial charge in [0.15, 0.2) is 16.4 Å². The average molecular weight is 365 g/mol. The van der Waals surface area contributed by atoms with E-state index in [1.807, 2.05) is 0 Å². The van der Waals surface area contributed by atoms with E-state index in [0.717, 1.165) is 24.3 Å². The lowest BCUT2D eigenvalue weighted by Crippen LogP contribution is -2.22. The van der Waals surface area contributed by atoms with Gasteiger partial charge in [0, 0.05) is 5.69 Å². The first kappa shape index (κ1) is 18.6. The second-order valence-corrected chi connectivity index (χ2v) is 7.21. The molecule has 1 N–H and O–H groups in total. The summed E-state index contributed by atoms with van der Waals surface area (Å²) in [4.78, 5) is 23.2. The number of para-hydroxylation sites is 1. The highest BCUT2D eigenvalue weighted by Crippen LogP contribution is 2.13. The molecule has 0 heterocycles. The second-order valence-electron chi connectivity index (χ2n) is 5.10. The Labute approximate surface area is 144 Å². The Morgan fingerprint density at radius 1 is 1.00 bits per heavy atom. The number of nitrogens with one attached hydrogen (secondary N) is 1. The molecule has 2 rings (SSSR count). The van der Waals surface area contributed by atoms with E-state index in [2.05, 4.69) is 5.32 Å². The molecule has 0 fully saturated rings. The standard InChI is InChI=1S/C17H16FNO5S/c18-13-6-8-15(9-7-13)25(22,23)11-10-17(21)24-12-16(20)19-14-4-2-1-3-5-14/h1-9H,10-12H2,(H,19,20). The minimum Gasteiger partial charge on any atom is -0.456 e. The molecule has 0 unspecified atom stereocenters. The molecule has 25 heavy (non-hydrogen) atoms. The van der Waals surface area contributed by atoms with Crippen LogP contribution in [-0.4, -0.2) is 32.7 Å². The lowest BCUT2D eigenvalue weighted by Gasteiger charge is -2.07. The number of halogens is 1.